The normalized spacial score (nSPS) is 14.9. The molecule has 92 valence electrons. The molecule has 16 heavy (non-hydrogen) atoms. The van der Waals surface area contributed by atoms with E-state index < -0.39 is 0 Å². The highest BCUT2D eigenvalue weighted by Gasteiger charge is 2.14. The van der Waals surface area contributed by atoms with E-state index in [2.05, 4.69) is 43.6 Å². The third-order valence-corrected chi connectivity index (χ3v) is 4.12. The topological polar surface area (TPSA) is 12.0 Å². The van der Waals surface area contributed by atoms with Gasteiger partial charge in [0, 0.05) is 17.0 Å². The molecule has 2 unspecified atom stereocenters. The summed E-state index contributed by atoms with van der Waals surface area (Å²) in [5, 5.41) is 5.97. The second-order valence-corrected chi connectivity index (χ2v) is 5.37. The van der Waals surface area contributed by atoms with Crippen LogP contribution >= 0.6 is 11.3 Å². The minimum Gasteiger partial charge on any atom is -0.306 e. The van der Waals surface area contributed by atoms with Gasteiger partial charge < -0.3 is 5.32 Å². The van der Waals surface area contributed by atoms with Crippen molar-refractivity contribution < 1.29 is 0 Å². The molecule has 1 heterocycles. The summed E-state index contributed by atoms with van der Waals surface area (Å²) in [5.41, 5.74) is 0. The molecule has 2 atom stereocenters. The lowest BCUT2D eigenvalue weighted by Gasteiger charge is -2.23. The molecular weight excluding hydrogens is 214 g/mol. The minimum atomic E-state index is 0.557. The van der Waals surface area contributed by atoms with Gasteiger partial charge in [0.15, 0.2) is 0 Å². The molecule has 0 amide bonds. The lowest BCUT2D eigenvalue weighted by Crippen LogP contribution is -2.31. The van der Waals surface area contributed by atoms with Crippen molar-refractivity contribution in [3.05, 3.63) is 22.4 Å². The number of hydrogen-bond acceptors (Lipinski definition) is 2. The number of nitrogens with one attached hydrogen (secondary N) is 1. The van der Waals surface area contributed by atoms with Gasteiger partial charge in [-0.25, -0.2) is 0 Å². The average Bonchev–Trinajstić information content (AvgIpc) is 2.83. The van der Waals surface area contributed by atoms with Crippen LogP contribution in [0.5, 0.6) is 0 Å². The van der Waals surface area contributed by atoms with Crippen LogP contribution in [-0.4, -0.2) is 6.04 Å². The predicted molar refractivity (Wildman–Crippen MR) is 74.1 cm³/mol. The summed E-state index contributed by atoms with van der Waals surface area (Å²) in [6, 6.07) is 5.64. The Morgan fingerprint density at radius 3 is 2.56 bits per heavy atom. The molecule has 1 nitrogen and oxygen atoms in total. The van der Waals surface area contributed by atoms with Crippen molar-refractivity contribution in [2.45, 2.75) is 65.0 Å². The first-order valence-electron chi connectivity index (χ1n) is 6.61. The Hall–Kier alpha value is -0.340. The fraction of sp³-hybridized carbons (Fsp3) is 0.714. The second kappa shape index (κ2) is 7.86. The van der Waals surface area contributed by atoms with Crippen LogP contribution in [0.2, 0.25) is 0 Å². The third-order valence-electron chi connectivity index (χ3n) is 3.13. The van der Waals surface area contributed by atoms with Crippen LogP contribution in [-0.2, 0) is 0 Å². The van der Waals surface area contributed by atoms with Gasteiger partial charge in [0.25, 0.3) is 0 Å². The molecule has 0 saturated carbocycles. The smallest absolute Gasteiger partial charge is 0.0414 e. The van der Waals surface area contributed by atoms with E-state index in [9.17, 15) is 0 Å². The average molecular weight is 239 g/mol. The zero-order valence-corrected chi connectivity index (χ0v) is 11.6. The largest absolute Gasteiger partial charge is 0.306 e. The number of rotatable bonds is 8. The number of hydrogen-bond donors (Lipinski definition) is 1. The molecule has 1 aromatic heterocycles. The van der Waals surface area contributed by atoms with Gasteiger partial charge in [0.2, 0.25) is 0 Å². The summed E-state index contributed by atoms with van der Waals surface area (Å²) in [4.78, 5) is 1.48. The van der Waals surface area contributed by atoms with Crippen LogP contribution in [0.4, 0.5) is 0 Å². The molecule has 0 bridgehead atoms. The van der Waals surface area contributed by atoms with Crippen LogP contribution in [0.3, 0.4) is 0 Å². The predicted octanol–water partition coefficient (Wildman–Crippen LogP) is 4.76. The van der Waals surface area contributed by atoms with Gasteiger partial charge in [0.05, 0.1) is 0 Å². The molecule has 1 rings (SSSR count). The third kappa shape index (κ3) is 4.26. The summed E-state index contributed by atoms with van der Waals surface area (Å²) in [5.74, 6) is 0. The van der Waals surface area contributed by atoms with E-state index in [0.717, 1.165) is 0 Å². The maximum atomic E-state index is 3.80. The molecule has 1 aromatic rings. The van der Waals surface area contributed by atoms with Crippen molar-refractivity contribution in [1.82, 2.24) is 5.32 Å². The van der Waals surface area contributed by atoms with Gasteiger partial charge in [-0.05, 0) is 30.7 Å². The van der Waals surface area contributed by atoms with E-state index >= 15 is 0 Å². The van der Waals surface area contributed by atoms with Gasteiger partial charge in [-0.3, -0.25) is 0 Å². The standard InChI is InChI=1S/C14H25NS/c1-4-7-9-12(5-2)15-13(6-3)14-10-8-11-16-14/h8,10-13,15H,4-7,9H2,1-3H3. The van der Waals surface area contributed by atoms with Gasteiger partial charge >= 0.3 is 0 Å². The van der Waals surface area contributed by atoms with E-state index in [0.29, 0.717) is 12.1 Å². The van der Waals surface area contributed by atoms with Crippen molar-refractivity contribution in [2.24, 2.45) is 0 Å². The summed E-state index contributed by atoms with van der Waals surface area (Å²) in [7, 11) is 0. The quantitative estimate of drug-likeness (QED) is 0.690. The van der Waals surface area contributed by atoms with Crippen LogP contribution in [0.15, 0.2) is 17.5 Å². The Bertz CT molecular complexity index is 256. The van der Waals surface area contributed by atoms with Crippen molar-refractivity contribution >= 4 is 11.3 Å². The van der Waals surface area contributed by atoms with E-state index in [4.69, 9.17) is 0 Å². The molecule has 2 heteroatoms. The van der Waals surface area contributed by atoms with E-state index in [1.54, 1.807) is 0 Å². The molecule has 0 spiro atoms. The first kappa shape index (κ1) is 13.7. The number of thiophene rings is 1. The lowest BCUT2D eigenvalue weighted by atomic mass is 10.0. The molecule has 0 aliphatic carbocycles. The fourth-order valence-electron chi connectivity index (χ4n) is 2.03. The minimum absolute atomic E-state index is 0.557. The highest BCUT2D eigenvalue weighted by atomic mass is 32.1. The van der Waals surface area contributed by atoms with E-state index in [1.807, 2.05) is 11.3 Å². The highest BCUT2D eigenvalue weighted by Crippen LogP contribution is 2.23. The first-order chi connectivity index (χ1) is 7.81. The second-order valence-electron chi connectivity index (χ2n) is 4.39. The molecule has 1 N–H and O–H groups in total. The summed E-state index contributed by atoms with van der Waals surface area (Å²) in [6.07, 6.45) is 6.38. The maximum Gasteiger partial charge on any atom is 0.0414 e. The molecule has 0 radical (unpaired) electrons. The molecule has 0 fully saturated rings. The monoisotopic (exact) mass is 239 g/mol. The Labute approximate surface area is 104 Å². The molecule has 0 saturated heterocycles. The van der Waals surface area contributed by atoms with E-state index in [1.165, 1.54) is 37.0 Å². The zero-order valence-electron chi connectivity index (χ0n) is 10.8. The molecule has 0 aliphatic heterocycles. The van der Waals surface area contributed by atoms with Crippen molar-refractivity contribution in [3.63, 3.8) is 0 Å². The van der Waals surface area contributed by atoms with Gasteiger partial charge in [-0.1, -0.05) is 39.7 Å². The zero-order chi connectivity index (χ0) is 11.8. The van der Waals surface area contributed by atoms with Crippen molar-refractivity contribution in [1.29, 1.82) is 0 Å². The maximum absolute atomic E-state index is 3.80. The van der Waals surface area contributed by atoms with Gasteiger partial charge in [-0.2, -0.15) is 0 Å². The van der Waals surface area contributed by atoms with Crippen LogP contribution < -0.4 is 5.32 Å². The Morgan fingerprint density at radius 1 is 1.25 bits per heavy atom. The number of unbranched alkanes of at least 4 members (excludes halogenated alkanes) is 1. The van der Waals surface area contributed by atoms with Crippen molar-refractivity contribution in [2.75, 3.05) is 0 Å². The van der Waals surface area contributed by atoms with Crippen LogP contribution in [0.25, 0.3) is 0 Å². The van der Waals surface area contributed by atoms with Crippen molar-refractivity contribution in [3.8, 4) is 0 Å². The Kier molecular flexibility index (Phi) is 6.74. The molecule has 0 aromatic carbocycles. The fourth-order valence-corrected chi connectivity index (χ4v) is 2.90. The molecule has 0 aliphatic rings. The Balaban J connectivity index is 2.47. The van der Waals surface area contributed by atoms with Crippen LogP contribution in [0.1, 0.15) is 63.8 Å². The summed E-state index contributed by atoms with van der Waals surface area (Å²) < 4.78 is 0. The SMILES string of the molecule is CCCCC(CC)NC(CC)c1cccs1. The van der Waals surface area contributed by atoms with E-state index in [-0.39, 0.29) is 0 Å². The summed E-state index contributed by atoms with van der Waals surface area (Å²) in [6.45, 7) is 6.82. The highest BCUT2D eigenvalue weighted by molar-refractivity contribution is 7.10. The Morgan fingerprint density at radius 2 is 2.06 bits per heavy atom. The van der Waals surface area contributed by atoms with Crippen LogP contribution in [0, 0.1) is 0 Å². The van der Waals surface area contributed by atoms with Gasteiger partial charge in [-0.15, -0.1) is 11.3 Å². The first-order valence-corrected chi connectivity index (χ1v) is 7.49. The molecular formula is C14H25NS. The van der Waals surface area contributed by atoms with Gasteiger partial charge in [0.1, 0.15) is 0 Å². The summed E-state index contributed by atoms with van der Waals surface area (Å²) >= 11 is 1.87. The lowest BCUT2D eigenvalue weighted by molar-refractivity contribution is 0.392.